The molecule has 0 unspecified atom stereocenters. The van der Waals surface area contributed by atoms with Crippen LogP contribution in [0.1, 0.15) is 12.5 Å². The maximum Gasteiger partial charge on any atom is 0.221 e. The van der Waals surface area contributed by atoms with E-state index in [-0.39, 0.29) is 5.91 Å². The predicted molar refractivity (Wildman–Crippen MR) is 92.2 cm³/mol. The van der Waals surface area contributed by atoms with Crippen molar-refractivity contribution in [2.45, 2.75) is 13.5 Å². The van der Waals surface area contributed by atoms with E-state index in [0.29, 0.717) is 22.3 Å². The van der Waals surface area contributed by atoms with E-state index in [4.69, 9.17) is 23.2 Å². The molecular formula is C15H13BrCl2N2O. The Balaban J connectivity index is 2.05. The SMILES string of the molecule is CC(=O)Nc1ccc(CNc2c(Cl)cc(Br)cc2Cl)cc1. The lowest BCUT2D eigenvalue weighted by molar-refractivity contribution is -0.114. The van der Waals surface area contributed by atoms with Gasteiger partial charge in [0.05, 0.1) is 15.7 Å². The van der Waals surface area contributed by atoms with Crippen LogP contribution in [0.2, 0.25) is 10.0 Å². The van der Waals surface area contributed by atoms with Crippen molar-refractivity contribution in [3.05, 3.63) is 56.5 Å². The summed E-state index contributed by atoms with van der Waals surface area (Å²) in [5, 5.41) is 7.06. The van der Waals surface area contributed by atoms with Crippen molar-refractivity contribution in [1.82, 2.24) is 0 Å². The van der Waals surface area contributed by atoms with Gasteiger partial charge < -0.3 is 10.6 Å². The topological polar surface area (TPSA) is 41.1 Å². The minimum Gasteiger partial charge on any atom is -0.379 e. The normalized spacial score (nSPS) is 10.3. The van der Waals surface area contributed by atoms with E-state index >= 15 is 0 Å². The van der Waals surface area contributed by atoms with Crippen molar-refractivity contribution < 1.29 is 4.79 Å². The monoisotopic (exact) mass is 386 g/mol. The van der Waals surface area contributed by atoms with Gasteiger partial charge in [-0.2, -0.15) is 0 Å². The second kappa shape index (κ2) is 7.16. The van der Waals surface area contributed by atoms with Gasteiger partial charge in [0.2, 0.25) is 5.91 Å². The van der Waals surface area contributed by atoms with Gasteiger partial charge >= 0.3 is 0 Å². The van der Waals surface area contributed by atoms with Crippen molar-refractivity contribution in [2.75, 3.05) is 10.6 Å². The van der Waals surface area contributed by atoms with E-state index in [9.17, 15) is 4.79 Å². The number of rotatable bonds is 4. The van der Waals surface area contributed by atoms with Crippen LogP contribution in [0.5, 0.6) is 0 Å². The molecule has 3 nitrogen and oxygen atoms in total. The average Bonchev–Trinajstić information content (AvgIpc) is 2.38. The Labute approximate surface area is 141 Å². The summed E-state index contributed by atoms with van der Waals surface area (Å²) < 4.78 is 0.836. The van der Waals surface area contributed by atoms with Gasteiger partial charge in [-0.15, -0.1) is 0 Å². The molecule has 2 aromatic rings. The largest absolute Gasteiger partial charge is 0.379 e. The third-order valence-corrected chi connectivity index (χ3v) is 3.80. The summed E-state index contributed by atoms with van der Waals surface area (Å²) in [6.45, 7) is 2.06. The highest BCUT2D eigenvalue weighted by Gasteiger charge is 2.07. The fourth-order valence-corrected chi connectivity index (χ4v) is 3.15. The number of anilines is 2. The zero-order valence-corrected chi connectivity index (χ0v) is 14.3. The van der Waals surface area contributed by atoms with Gasteiger partial charge in [0.15, 0.2) is 0 Å². The zero-order valence-electron chi connectivity index (χ0n) is 11.2. The van der Waals surface area contributed by atoms with E-state index in [0.717, 1.165) is 15.7 Å². The van der Waals surface area contributed by atoms with Gasteiger partial charge in [-0.05, 0) is 29.8 Å². The van der Waals surface area contributed by atoms with Crippen LogP contribution in [-0.2, 0) is 11.3 Å². The number of hydrogen-bond acceptors (Lipinski definition) is 2. The van der Waals surface area contributed by atoms with Crippen LogP contribution in [0.3, 0.4) is 0 Å². The van der Waals surface area contributed by atoms with E-state index < -0.39 is 0 Å². The molecule has 0 atom stereocenters. The molecule has 2 N–H and O–H groups in total. The first-order valence-electron chi connectivity index (χ1n) is 6.20. The number of hydrogen-bond donors (Lipinski definition) is 2. The third-order valence-electron chi connectivity index (χ3n) is 2.75. The summed E-state index contributed by atoms with van der Waals surface area (Å²) in [7, 11) is 0. The summed E-state index contributed by atoms with van der Waals surface area (Å²) >= 11 is 15.7. The second-order valence-corrected chi connectivity index (χ2v) is 6.21. The molecule has 0 saturated carbocycles. The van der Waals surface area contributed by atoms with Crippen LogP contribution >= 0.6 is 39.1 Å². The summed E-state index contributed by atoms with van der Waals surface area (Å²) in [6.07, 6.45) is 0. The van der Waals surface area contributed by atoms with Gasteiger partial charge in [-0.25, -0.2) is 0 Å². The van der Waals surface area contributed by atoms with E-state index in [1.54, 1.807) is 12.1 Å². The summed E-state index contributed by atoms with van der Waals surface area (Å²) in [5.41, 5.74) is 2.53. The maximum absolute atomic E-state index is 11.0. The molecule has 6 heteroatoms. The number of amides is 1. The predicted octanol–water partition coefficient (Wildman–Crippen LogP) is 5.33. The Bertz CT molecular complexity index is 636. The number of nitrogens with one attached hydrogen (secondary N) is 2. The first kappa shape index (κ1) is 16.1. The third kappa shape index (κ3) is 4.63. The smallest absolute Gasteiger partial charge is 0.221 e. The summed E-state index contributed by atoms with van der Waals surface area (Å²) in [4.78, 5) is 11.0. The number of benzene rings is 2. The van der Waals surface area contributed by atoms with Crippen LogP contribution in [0.15, 0.2) is 40.9 Å². The van der Waals surface area contributed by atoms with Gasteiger partial charge in [0.1, 0.15) is 0 Å². The standard InChI is InChI=1S/C15H13BrCl2N2O/c1-9(21)20-12-4-2-10(3-5-12)8-19-15-13(17)6-11(16)7-14(15)18/h2-7,19H,8H2,1H3,(H,20,21). The molecule has 0 aliphatic rings. The van der Waals surface area contributed by atoms with Crippen molar-refractivity contribution in [3.8, 4) is 0 Å². The van der Waals surface area contributed by atoms with Crippen molar-refractivity contribution in [3.63, 3.8) is 0 Å². The molecule has 0 fully saturated rings. The minimum absolute atomic E-state index is 0.0886. The fourth-order valence-electron chi connectivity index (χ4n) is 1.81. The Morgan fingerprint density at radius 2 is 1.71 bits per heavy atom. The molecule has 0 spiro atoms. The molecule has 0 saturated heterocycles. The summed E-state index contributed by atoms with van der Waals surface area (Å²) in [5.74, 6) is -0.0886. The molecule has 0 aliphatic carbocycles. The van der Waals surface area contributed by atoms with Crippen LogP contribution in [0.25, 0.3) is 0 Å². The Morgan fingerprint density at radius 3 is 2.24 bits per heavy atom. The van der Waals surface area contributed by atoms with E-state index in [1.165, 1.54) is 6.92 Å². The summed E-state index contributed by atoms with van der Waals surface area (Å²) in [6, 6.07) is 11.1. The van der Waals surface area contributed by atoms with Crippen molar-refractivity contribution in [2.24, 2.45) is 0 Å². The van der Waals surface area contributed by atoms with Crippen LogP contribution < -0.4 is 10.6 Å². The molecule has 0 bridgehead atoms. The van der Waals surface area contributed by atoms with Crippen LogP contribution in [0, 0.1) is 0 Å². The molecule has 0 radical (unpaired) electrons. The molecule has 2 aromatic carbocycles. The molecule has 1 amide bonds. The Kier molecular flexibility index (Phi) is 5.51. The fraction of sp³-hybridized carbons (Fsp3) is 0.133. The molecule has 110 valence electrons. The minimum atomic E-state index is -0.0886. The lowest BCUT2D eigenvalue weighted by Crippen LogP contribution is -2.06. The molecule has 0 aliphatic heterocycles. The lowest BCUT2D eigenvalue weighted by atomic mass is 10.2. The van der Waals surface area contributed by atoms with Gasteiger partial charge in [0.25, 0.3) is 0 Å². The van der Waals surface area contributed by atoms with Gasteiger partial charge in [-0.1, -0.05) is 51.3 Å². The first-order valence-corrected chi connectivity index (χ1v) is 7.75. The number of carbonyl (C=O) groups is 1. The Morgan fingerprint density at radius 1 is 1.14 bits per heavy atom. The van der Waals surface area contributed by atoms with Crippen molar-refractivity contribution in [1.29, 1.82) is 0 Å². The second-order valence-electron chi connectivity index (χ2n) is 4.48. The van der Waals surface area contributed by atoms with E-state index in [1.807, 2.05) is 24.3 Å². The van der Waals surface area contributed by atoms with Gasteiger partial charge in [0, 0.05) is 23.6 Å². The maximum atomic E-state index is 11.0. The lowest BCUT2D eigenvalue weighted by Gasteiger charge is -2.11. The number of carbonyl (C=O) groups excluding carboxylic acids is 1. The van der Waals surface area contributed by atoms with Gasteiger partial charge in [-0.3, -0.25) is 4.79 Å². The molecular weight excluding hydrogens is 375 g/mol. The van der Waals surface area contributed by atoms with Crippen molar-refractivity contribution >= 4 is 56.4 Å². The number of halogens is 3. The first-order chi connectivity index (χ1) is 9.95. The Hall–Kier alpha value is -1.23. The highest BCUT2D eigenvalue weighted by molar-refractivity contribution is 9.10. The van der Waals surface area contributed by atoms with E-state index in [2.05, 4.69) is 26.6 Å². The molecule has 2 rings (SSSR count). The molecule has 0 aromatic heterocycles. The highest BCUT2D eigenvalue weighted by Crippen LogP contribution is 2.34. The van der Waals surface area contributed by atoms with Crippen LogP contribution in [0.4, 0.5) is 11.4 Å². The quantitative estimate of drug-likeness (QED) is 0.744. The van der Waals surface area contributed by atoms with Crippen LogP contribution in [-0.4, -0.2) is 5.91 Å². The average molecular weight is 388 g/mol. The molecule has 21 heavy (non-hydrogen) atoms. The molecule has 0 heterocycles. The highest BCUT2D eigenvalue weighted by atomic mass is 79.9. The zero-order chi connectivity index (χ0) is 15.4.